The lowest BCUT2D eigenvalue weighted by Crippen LogP contribution is -2.43. The lowest BCUT2D eigenvalue weighted by molar-refractivity contribution is 0.607. The molecule has 6 aliphatic rings. The van der Waals surface area contributed by atoms with Crippen LogP contribution < -0.4 is 10.2 Å². The number of hydrogen-bond acceptors (Lipinski definition) is 3. The Bertz CT molecular complexity index is 1980. The molecule has 0 saturated heterocycles. The van der Waals surface area contributed by atoms with Crippen molar-refractivity contribution in [1.29, 1.82) is 0 Å². The number of fused-ring (bicyclic) bond motifs is 11. The molecule has 3 aliphatic carbocycles. The van der Waals surface area contributed by atoms with Crippen molar-refractivity contribution in [3.05, 3.63) is 125 Å². The van der Waals surface area contributed by atoms with Gasteiger partial charge in [-0.3, -0.25) is 4.57 Å². The zero-order chi connectivity index (χ0) is 26.8. The molecule has 4 aromatic rings. The molecule has 0 spiro atoms. The van der Waals surface area contributed by atoms with Gasteiger partial charge in [0.05, 0.1) is 34.7 Å². The fourth-order valence-electron chi connectivity index (χ4n) is 8.41. The highest BCUT2D eigenvalue weighted by molar-refractivity contribution is 6.18. The Balaban J connectivity index is 1.17. The third-order valence-electron chi connectivity index (χ3n) is 10.1. The number of anilines is 2. The number of para-hydroxylation sites is 2. The average molecular weight is 531 g/mol. The van der Waals surface area contributed by atoms with Crippen LogP contribution in [-0.4, -0.2) is 28.5 Å². The van der Waals surface area contributed by atoms with Crippen LogP contribution in [0.3, 0.4) is 0 Å². The first-order valence-corrected chi connectivity index (χ1v) is 15.0. The highest BCUT2D eigenvalue weighted by Gasteiger charge is 2.46. The molecule has 5 atom stereocenters. The van der Waals surface area contributed by atoms with E-state index in [0.717, 1.165) is 30.1 Å². The van der Waals surface area contributed by atoms with E-state index in [1.54, 1.807) is 0 Å². The Labute approximate surface area is 239 Å². The molecule has 198 valence electrons. The first kappa shape index (κ1) is 22.2. The standard InChI is InChI=1S/C37H30N4/c1-21-14-15-22-17-31-30(18-23(22)16-21)38-35-29-20-24(40-32-11-5-2-8-25(32)26-9-3-6-12-33(26)40)19-28-27-10-4-7-13-34(27)41(36(28)29)37(35)39-31/h2-15,17-18,20-21,24-25,32,35,38H,16,19H2,1H3. The van der Waals surface area contributed by atoms with Gasteiger partial charge in [-0.25, -0.2) is 4.99 Å². The van der Waals surface area contributed by atoms with Gasteiger partial charge in [-0.1, -0.05) is 85.9 Å². The van der Waals surface area contributed by atoms with Crippen molar-refractivity contribution in [2.75, 3.05) is 10.2 Å². The molecule has 4 nitrogen and oxygen atoms in total. The van der Waals surface area contributed by atoms with Crippen molar-refractivity contribution in [1.82, 2.24) is 4.57 Å². The molecule has 0 radical (unpaired) electrons. The van der Waals surface area contributed by atoms with Crippen LogP contribution in [0.4, 0.5) is 17.1 Å². The molecule has 3 aliphatic heterocycles. The van der Waals surface area contributed by atoms with Gasteiger partial charge in [0.2, 0.25) is 0 Å². The van der Waals surface area contributed by atoms with E-state index in [2.05, 4.69) is 125 Å². The molecule has 41 heavy (non-hydrogen) atoms. The van der Waals surface area contributed by atoms with Crippen LogP contribution in [0.15, 0.2) is 102 Å². The molecule has 0 saturated carbocycles. The molecule has 5 unspecified atom stereocenters. The maximum Gasteiger partial charge on any atom is 0.141 e. The summed E-state index contributed by atoms with van der Waals surface area (Å²) in [5, 5.41) is 5.34. The second kappa shape index (κ2) is 7.79. The topological polar surface area (TPSA) is 32.6 Å². The zero-order valence-electron chi connectivity index (χ0n) is 23.0. The summed E-state index contributed by atoms with van der Waals surface area (Å²) in [7, 11) is 0. The number of aliphatic imine (C=N–C) groups is 1. The summed E-state index contributed by atoms with van der Waals surface area (Å²) in [5.41, 5.74) is 13.2. The summed E-state index contributed by atoms with van der Waals surface area (Å²) in [6.07, 6.45) is 18.5. The normalized spacial score (nSPS) is 27.3. The Hall–Kier alpha value is -4.57. The van der Waals surface area contributed by atoms with Gasteiger partial charge < -0.3 is 10.2 Å². The molecule has 4 heterocycles. The van der Waals surface area contributed by atoms with Gasteiger partial charge in [0.15, 0.2) is 0 Å². The van der Waals surface area contributed by atoms with E-state index >= 15 is 0 Å². The van der Waals surface area contributed by atoms with Crippen LogP contribution in [0.5, 0.6) is 0 Å². The van der Waals surface area contributed by atoms with Gasteiger partial charge in [-0.15, -0.1) is 0 Å². The number of nitrogens with zero attached hydrogens (tertiary/aromatic N) is 3. The van der Waals surface area contributed by atoms with E-state index in [-0.39, 0.29) is 12.1 Å². The quantitative estimate of drug-likeness (QED) is 0.274. The second-order valence-electron chi connectivity index (χ2n) is 12.5. The number of allylic oxidation sites excluding steroid dienone is 3. The maximum absolute atomic E-state index is 5.40. The van der Waals surface area contributed by atoms with Crippen LogP contribution in [-0.2, 0) is 12.8 Å². The smallest absolute Gasteiger partial charge is 0.141 e. The summed E-state index contributed by atoms with van der Waals surface area (Å²) < 4.78 is 2.45. The molecule has 10 rings (SSSR count). The highest BCUT2D eigenvalue weighted by Crippen LogP contribution is 2.50. The van der Waals surface area contributed by atoms with Crippen molar-refractivity contribution < 1.29 is 0 Å². The van der Waals surface area contributed by atoms with E-state index in [1.807, 2.05) is 0 Å². The zero-order valence-corrected chi connectivity index (χ0v) is 23.0. The van der Waals surface area contributed by atoms with Gasteiger partial charge in [0.1, 0.15) is 11.9 Å². The van der Waals surface area contributed by atoms with Gasteiger partial charge >= 0.3 is 0 Å². The largest absolute Gasteiger partial charge is 0.370 e. The third kappa shape index (κ3) is 2.87. The van der Waals surface area contributed by atoms with Gasteiger partial charge in [-0.2, -0.15) is 0 Å². The van der Waals surface area contributed by atoms with E-state index in [4.69, 9.17) is 4.99 Å². The Morgan fingerprint density at radius 1 is 0.927 bits per heavy atom. The number of nitrogens with one attached hydrogen (secondary N) is 1. The molecule has 0 amide bonds. The number of hydrogen-bond donors (Lipinski definition) is 1. The number of benzene rings is 3. The molecular formula is C37H30N4. The summed E-state index contributed by atoms with van der Waals surface area (Å²) in [6.45, 7) is 2.30. The van der Waals surface area contributed by atoms with Crippen molar-refractivity contribution in [3.63, 3.8) is 0 Å². The van der Waals surface area contributed by atoms with Crippen molar-refractivity contribution in [2.45, 2.75) is 43.8 Å². The molecule has 4 heteroatoms. The molecular weight excluding hydrogens is 500 g/mol. The molecule has 0 fully saturated rings. The second-order valence-corrected chi connectivity index (χ2v) is 12.5. The lowest BCUT2D eigenvalue weighted by Gasteiger charge is -2.37. The molecule has 3 aromatic carbocycles. The predicted octanol–water partition coefficient (Wildman–Crippen LogP) is 7.64. The Morgan fingerprint density at radius 3 is 2.78 bits per heavy atom. The van der Waals surface area contributed by atoms with Crippen molar-refractivity contribution in [2.24, 2.45) is 10.9 Å². The fraction of sp³-hybridized carbons (Fsp3) is 0.216. The van der Waals surface area contributed by atoms with E-state index in [9.17, 15) is 0 Å². The highest BCUT2D eigenvalue weighted by atomic mass is 15.2. The SMILES string of the molecule is CC1C=Cc2cc3c(cc2C1)NC1C2=CC(N4c5ccccc5C5C=CC=CC54)Cc4c2n(c2ccccc42)C1=N3. The van der Waals surface area contributed by atoms with Gasteiger partial charge in [0, 0.05) is 22.6 Å². The number of aromatic nitrogens is 1. The maximum atomic E-state index is 5.40. The monoisotopic (exact) mass is 530 g/mol. The molecule has 1 aromatic heterocycles. The summed E-state index contributed by atoms with van der Waals surface area (Å²) in [4.78, 5) is 8.09. The minimum Gasteiger partial charge on any atom is -0.370 e. The summed E-state index contributed by atoms with van der Waals surface area (Å²) in [5.74, 6) is 2.08. The van der Waals surface area contributed by atoms with Crippen molar-refractivity contribution in [3.8, 4) is 0 Å². The van der Waals surface area contributed by atoms with Crippen LogP contribution in [0.2, 0.25) is 0 Å². The minimum atomic E-state index is 0.0497. The lowest BCUT2D eigenvalue weighted by atomic mass is 9.86. The Kier molecular flexibility index (Phi) is 4.21. The third-order valence-corrected chi connectivity index (χ3v) is 10.1. The van der Waals surface area contributed by atoms with Crippen LogP contribution >= 0.6 is 0 Å². The molecule has 0 bridgehead atoms. The fourth-order valence-corrected chi connectivity index (χ4v) is 8.41. The Morgan fingerprint density at radius 2 is 1.80 bits per heavy atom. The van der Waals surface area contributed by atoms with Gasteiger partial charge in [0.25, 0.3) is 0 Å². The number of rotatable bonds is 1. The van der Waals surface area contributed by atoms with Crippen LogP contribution in [0.1, 0.15) is 40.8 Å². The van der Waals surface area contributed by atoms with E-state index in [0.29, 0.717) is 17.9 Å². The first-order valence-electron chi connectivity index (χ1n) is 15.0. The predicted molar refractivity (Wildman–Crippen MR) is 169 cm³/mol. The van der Waals surface area contributed by atoms with Crippen LogP contribution in [0.25, 0.3) is 22.6 Å². The van der Waals surface area contributed by atoms with Crippen LogP contribution in [0, 0.1) is 5.92 Å². The summed E-state index contributed by atoms with van der Waals surface area (Å²) >= 11 is 0. The van der Waals surface area contributed by atoms with Crippen molar-refractivity contribution >= 4 is 45.4 Å². The average Bonchev–Trinajstić information content (AvgIpc) is 3.63. The van der Waals surface area contributed by atoms with E-state index in [1.165, 1.54) is 50.1 Å². The first-order chi connectivity index (χ1) is 20.2. The minimum absolute atomic E-state index is 0.0497. The van der Waals surface area contributed by atoms with E-state index < -0.39 is 0 Å². The summed E-state index contributed by atoms with van der Waals surface area (Å²) in [6, 6.07) is 23.3. The molecule has 1 N–H and O–H groups in total. The van der Waals surface area contributed by atoms with Gasteiger partial charge in [-0.05, 0) is 65.3 Å².